The molecule has 1 aliphatic rings. The van der Waals surface area contributed by atoms with E-state index in [4.69, 9.17) is 4.74 Å². The van der Waals surface area contributed by atoms with Crippen LogP contribution in [0.15, 0.2) is 40.9 Å². The van der Waals surface area contributed by atoms with Gasteiger partial charge in [0.2, 0.25) is 0 Å². The quantitative estimate of drug-likeness (QED) is 0.709. The first-order valence-corrected chi connectivity index (χ1v) is 10.3. The first kappa shape index (κ1) is 19.9. The first-order valence-electron chi connectivity index (χ1n) is 9.47. The smallest absolute Gasteiger partial charge is 0.258 e. The van der Waals surface area contributed by atoms with Gasteiger partial charge in [-0.25, -0.2) is 0 Å². The monoisotopic (exact) mass is 430 g/mol. The van der Waals surface area contributed by atoms with Crippen LogP contribution in [0.4, 0.5) is 0 Å². The summed E-state index contributed by atoms with van der Waals surface area (Å²) in [7, 11) is 0. The van der Waals surface area contributed by atoms with Gasteiger partial charge in [0.05, 0.1) is 0 Å². The average Bonchev–Trinajstić information content (AvgIpc) is 3.16. The molecular formula is C22H27BrN2O2. The van der Waals surface area contributed by atoms with Crippen LogP contribution in [-0.2, 0) is 17.9 Å². The number of aryl methyl sites for hydroxylation is 2. The van der Waals surface area contributed by atoms with E-state index in [1.54, 1.807) is 0 Å². The minimum absolute atomic E-state index is 0.0218. The predicted molar refractivity (Wildman–Crippen MR) is 112 cm³/mol. The molecule has 0 spiro atoms. The van der Waals surface area contributed by atoms with Gasteiger partial charge >= 0.3 is 0 Å². The van der Waals surface area contributed by atoms with Crippen molar-refractivity contribution in [3.63, 3.8) is 0 Å². The van der Waals surface area contributed by atoms with Gasteiger partial charge in [0, 0.05) is 17.6 Å². The molecule has 0 aromatic heterocycles. The van der Waals surface area contributed by atoms with Crippen LogP contribution in [-0.4, -0.2) is 30.5 Å². The number of carbonyl (C=O) groups is 1. The van der Waals surface area contributed by atoms with Crippen molar-refractivity contribution in [2.24, 2.45) is 0 Å². The molecule has 1 saturated heterocycles. The third kappa shape index (κ3) is 5.81. The highest BCUT2D eigenvalue weighted by Crippen LogP contribution is 2.26. The molecule has 1 heterocycles. The Morgan fingerprint density at radius 1 is 1.11 bits per heavy atom. The van der Waals surface area contributed by atoms with Gasteiger partial charge in [-0.3, -0.25) is 9.69 Å². The fraction of sp³-hybridized carbons (Fsp3) is 0.409. The van der Waals surface area contributed by atoms with Crippen LogP contribution in [0.25, 0.3) is 0 Å². The number of benzene rings is 2. The highest BCUT2D eigenvalue weighted by Gasteiger charge is 2.12. The Hall–Kier alpha value is -1.85. The molecule has 1 aliphatic heterocycles. The molecule has 0 unspecified atom stereocenters. The molecule has 0 aliphatic carbocycles. The predicted octanol–water partition coefficient (Wildman–Crippen LogP) is 4.36. The molecule has 1 fully saturated rings. The van der Waals surface area contributed by atoms with Crippen LogP contribution in [0.2, 0.25) is 0 Å². The maximum atomic E-state index is 12.1. The highest BCUT2D eigenvalue weighted by molar-refractivity contribution is 9.10. The number of ether oxygens (including phenoxy) is 1. The lowest BCUT2D eigenvalue weighted by molar-refractivity contribution is -0.123. The number of nitrogens with zero attached hydrogens (tertiary/aromatic N) is 1. The van der Waals surface area contributed by atoms with Gasteiger partial charge < -0.3 is 10.1 Å². The summed E-state index contributed by atoms with van der Waals surface area (Å²) in [6.07, 6.45) is 2.60. The van der Waals surface area contributed by atoms with E-state index in [2.05, 4.69) is 50.4 Å². The van der Waals surface area contributed by atoms with Gasteiger partial charge in [-0.15, -0.1) is 0 Å². The van der Waals surface area contributed by atoms with E-state index in [0.29, 0.717) is 6.54 Å². The number of carbonyl (C=O) groups excluding carboxylic acids is 1. The molecule has 27 heavy (non-hydrogen) atoms. The lowest BCUT2D eigenvalue weighted by Gasteiger charge is -2.15. The van der Waals surface area contributed by atoms with Crippen molar-refractivity contribution in [2.75, 3.05) is 19.7 Å². The molecule has 2 aromatic rings. The van der Waals surface area contributed by atoms with Crippen molar-refractivity contribution < 1.29 is 9.53 Å². The fourth-order valence-electron chi connectivity index (χ4n) is 3.43. The van der Waals surface area contributed by atoms with Crippen molar-refractivity contribution in [3.05, 3.63) is 63.1 Å². The molecule has 0 radical (unpaired) electrons. The molecule has 0 bridgehead atoms. The number of nitrogens with one attached hydrogen (secondary N) is 1. The van der Waals surface area contributed by atoms with E-state index in [9.17, 15) is 4.79 Å². The summed E-state index contributed by atoms with van der Waals surface area (Å²) in [6, 6.07) is 12.3. The van der Waals surface area contributed by atoms with Crippen molar-refractivity contribution in [3.8, 4) is 5.75 Å². The van der Waals surface area contributed by atoms with Crippen molar-refractivity contribution in [2.45, 2.75) is 39.8 Å². The zero-order chi connectivity index (χ0) is 19.2. The average molecular weight is 431 g/mol. The number of hydrogen-bond acceptors (Lipinski definition) is 3. The molecule has 3 rings (SSSR count). The molecule has 5 heteroatoms. The van der Waals surface area contributed by atoms with Crippen molar-refractivity contribution in [1.82, 2.24) is 10.2 Å². The first-order chi connectivity index (χ1) is 13.0. The third-order valence-electron chi connectivity index (χ3n) is 4.87. The van der Waals surface area contributed by atoms with Crippen LogP contribution < -0.4 is 10.1 Å². The number of hydrogen-bond donors (Lipinski definition) is 1. The minimum atomic E-state index is -0.113. The molecule has 4 nitrogen and oxygen atoms in total. The minimum Gasteiger partial charge on any atom is -0.484 e. The van der Waals surface area contributed by atoms with Crippen LogP contribution >= 0.6 is 15.9 Å². The zero-order valence-corrected chi connectivity index (χ0v) is 17.6. The Labute approximate surface area is 170 Å². The topological polar surface area (TPSA) is 41.6 Å². The summed E-state index contributed by atoms with van der Waals surface area (Å²) < 4.78 is 6.72. The van der Waals surface area contributed by atoms with Gasteiger partial charge in [-0.2, -0.15) is 0 Å². The molecule has 0 atom stereocenters. The van der Waals surface area contributed by atoms with Crippen LogP contribution in [0.3, 0.4) is 0 Å². The standard InChI is InChI=1S/C22H27BrN2O2/c1-16-10-20(11-17(2)22(16)23)27-15-21(26)24-13-18-6-5-7-19(12-18)14-25-8-3-4-9-25/h5-7,10-12H,3-4,8-9,13-15H2,1-2H3,(H,24,26). The van der Waals surface area contributed by atoms with E-state index in [0.717, 1.165) is 33.5 Å². The lowest BCUT2D eigenvalue weighted by Crippen LogP contribution is -2.28. The Kier molecular flexibility index (Phi) is 6.91. The van der Waals surface area contributed by atoms with Gasteiger partial charge in [0.25, 0.3) is 5.91 Å². The fourth-order valence-corrected chi connectivity index (χ4v) is 3.66. The largest absolute Gasteiger partial charge is 0.484 e. The summed E-state index contributed by atoms with van der Waals surface area (Å²) >= 11 is 3.54. The molecule has 0 saturated carbocycles. The Balaban J connectivity index is 1.47. The summed E-state index contributed by atoms with van der Waals surface area (Å²) in [5.74, 6) is 0.606. The number of likely N-dealkylation sites (tertiary alicyclic amines) is 1. The van der Waals surface area contributed by atoms with Crippen molar-refractivity contribution >= 4 is 21.8 Å². The summed E-state index contributed by atoms with van der Waals surface area (Å²) in [4.78, 5) is 14.6. The second-order valence-corrected chi connectivity index (χ2v) is 8.03. The molecule has 144 valence electrons. The number of halogens is 1. The molecule has 1 amide bonds. The van der Waals surface area contributed by atoms with Crippen LogP contribution in [0.5, 0.6) is 5.75 Å². The number of amides is 1. The molecule has 2 aromatic carbocycles. The van der Waals surface area contributed by atoms with Gasteiger partial charge in [-0.05, 0) is 74.2 Å². The summed E-state index contributed by atoms with van der Waals surface area (Å²) in [5.41, 5.74) is 4.62. The lowest BCUT2D eigenvalue weighted by atomic mass is 10.1. The second kappa shape index (κ2) is 9.38. The van der Waals surface area contributed by atoms with E-state index in [1.165, 1.54) is 31.5 Å². The van der Waals surface area contributed by atoms with Crippen LogP contribution in [0, 0.1) is 13.8 Å². The van der Waals surface area contributed by atoms with Gasteiger partial charge in [0.1, 0.15) is 5.75 Å². The van der Waals surface area contributed by atoms with Crippen LogP contribution in [0.1, 0.15) is 35.1 Å². The Morgan fingerprint density at radius 3 is 2.48 bits per heavy atom. The van der Waals surface area contributed by atoms with Gasteiger partial charge in [0.15, 0.2) is 6.61 Å². The highest BCUT2D eigenvalue weighted by atomic mass is 79.9. The normalized spacial score (nSPS) is 14.3. The van der Waals surface area contributed by atoms with Crippen molar-refractivity contribution in [1.29, 1.82) is 0 Å². The Morgan fingerprint density at radius 2 is 1.78 bits per heavy atom. The summed E-state index contributed by atoms with van der Waals surface area (Å²) in [6.45, 7) is 7.94. The second-order valence-electron chi connectivity index (χ2n) is 7.24. The Bertz CT molecular complexity index is 778. The molecular weight excluding hydrogens is 404 g/mol. The maximum absolute atomic E-state index is 12.1. The maximum Gasteiger partial charge on any atom is 0.258 e. The third-order valence-corrected chi connectivity index (χ3v) is 6.12. The van der Waals surface area contributed by atoms with E-state index >= 15 is 0 Å². The molecule has 1 N–H and O–H groups in total. The van der Waals surface area contributed by atoms with E-state index < -0.39 is 0 Å². The SMILES string of the molecule is Cc1cc(OCC(=O)NCc2cccc(CN3CCCC3)c2)cc(C)c1Br. The van der Waals surface area contributed by atoms with E-state index in [-0.39, 0.29) is 12.5 Å². The number of rotatable bonds is 7. The summed E-state index contributed by atoms with van der Waals surface area (Å²) in [5, 5.41) is 2.94. The van der Waals surface area contributed by atoms with E-state index in [1.807, 2.05) is 26.0 Å². The van der Waals surface area contributed by atoms with Gasteiger partial charge in [-0.1, -0.05) is 40.2 Å². The zero-order valence-electron chi connectivity index (χ0n) is 16.1.